The number of carboxylic acids is 1. The largest absolute Gasteiger partial charge is 0.481 e. The Labute approximate surface area is 124 Å². The van der Waals surface area contributed by atoms with Crippen molar-refractivity contribution in [2.45, 2.75) is 6.42 Å². The van der Waals surface area contributed by atoms with E-state index in [0.29, 0.717) is 10.6 Å². The SMILES string of the molecule is O=C(O)C1CC(=O)N(c2nnc(-c3ccc(Cl)cc3)o2)C1. The Morgan fingerprint density at radius 1 is 1.33 bits per heavy atom. The molecule has 0 bridgehead atoms. The number of hydrogen-bond acceptors (Lipinski definition) is 5. The second kappa shape index (κ2) is 5.17. The molecule has 1 atom stereocenters. The van der Waals surface area contributed by atoms with Crippen molar-refractivity contribution in [1.29, 1.82) is 0 Å². The van der Waals surface area contributed by atoms with Crippen molar-refractivity contribution in [3.63, 3.8) is 0 Å². The number of rotatable bonds is 3. The number of aliphatic carboxylic acids is 1. The number of nitrogens with zero attached hydrogens (tertiary/aromatic N) is 3. The molecule has 1 aliphatic rings. The standard InChI is InChI=1S/C13H10ClN3O4/c14-9-3-1-7(2-4-9)11-15-16-13(21-11)17-6-8(12(19)20)5-10(17)18/h1-4,8H,5-6H2,(H,19,20). The van der Waals surface area contributed by atoms with Crippen molar-refractivity contribution < 1.29 is 19.1 Å². The molecular weight excluding hydrogens is 298 g/mol. The average molecular weight is 308 g/mol. The molecule has 0 aliphatic carbocycles. The van der Waals surface area contributed by atoms with Gasteiger partial charge in [0.1, 0.15) is 0 Å². The van der Waals surface area contributed by atoms with Crippen molar-refractivity contribution in [1.82, 2.24) is 10.2 Å². The Bertz CT molecular complexity index is 698. The van der Waals surface area contributed by atoms with Gasteiger partial charge in [-0.05, 0) is 24.3 Å². The van der Waals surface area contributed by atoms with E-state index in [1.54, 1.807) is 24.3 Å². The topological polar surface area (TPSA) is 96.5 Å². The molecule has 1 aliphatic heterocycles. The van der Waals surface area contributed by atoms with Crippen LogP contribution in [0, 0.1) is 5.92 Å². The van der Waals surface area contributed by atoms with Crippen molar-refractivity contribution in [2.75, 3.05) is 11.4 Å². The normalized spacial score (nSPS) is 18.2. The lowest BCUT2D eigenvalue weighted by molar-refractivity contribution is -0.141. The Morgan fingerprint density at radius 2 is 2.05 bits per heavy atom. The van der Waals surface area contributed by atoms with E-state index in [2.05, 4.69) is 10.2 Å². The molecule has 1 saturated heterocycles. The number of halogens is 1. The number of anilines is 1. The first-order valence-electron chi connectivity index (χ1n) is 6.17. The third kappa shape index (κ3) is 2.59. The molecule has 3 rings (SSSR count). The summed E-state index contributed by atoms with van der Waals surface area (Å²) in [7, 11) is 0. The van der Waals surface area contributed by atoms with Gasteiger partial charge in [0, 0.05) is 23.6 Å². The minimum absolute atomic E-state index is 0.00806. The summed E-state index contributed by atoms with van der Waals surface area (Å²) in [5, 5.41) is 17.2. The second-order valence-electron chi connectivity index (χ2n) is 4.64. The molecule has 2 aromatic rings. The van der Waals surface area contributed by atoms with E-state index in [-0.39, 0.29) is 30.8 Å². The van der Waals surface area contributed by atoms with E-state index in [1.807, 2.05) is 0 Å². The average Bonchev–Trinajstić information content (AvgIpc) is 3.06. The summed E-state index contributed by atoms with van der Waals surface area (Å²) in [6.07, 6.45) is -0.0615. The fourth-order valence-corrected chi connectivity index (χ4v) is 2.22. The lowest BCUT2D eigenvalue weighted by Crippen LogP contribution is -2.26. The molecule has 1 amide bonds. The maximum absolute atomic E-state index is 11.8. The molecule has 0 spiro atoms. The molecule has 1 unspecified atom stereocenters. The third-order valence-electron chi connectivity index (χ3n) is 3.21. The molecule has 7 nitrogen and oxygen atoms in total. The predicted molar refractivity (Wildman–Crippen MR) is 72.8 cm³/mol. The van der Waals surface area contributed by atoms with E-state index in [0.717, 1.165) is 0 Å². The highest BCUT2D eigenvalue weighted by Crippen LogP contribution is 2.27. The predicted octanol–water partition coefficient (Wildman–Crippen LogP) is 1.83. The van der Waals surface area contributed by atoms with Crippen molar-refractivity contribution in [2.24, 2.45) is 5.92 Å². The van der Waals surface area contributed by atoms with Crippen LogP contribution in [0.4, 0.5) is 6.01 Å². The maximum atomic E-state index is 11.8. The highest BCUT2D eigenvalue weighted by Gasteiger charge is 2.37. The first-order chi connectivity index (χ1) is 10.0. The smallest absolute Gasteiger partial charge is 0.325 e. The quantitative estimate of drug-likeness (QED) is 0.929. The van der Waals surface area contributed by atoms with Crippen LogP contribution in [0.5, 0.6) is 0 Å². The lowest BCUT2D eigenvalue weighted by atomic mass is 10.1. The summed E-state index contributed by atoms with van der Waals surface area (Å²) in [6, 6.07) is 6.80. The monoisotopic (exact) mass is 307 g/mol. The number of amides is 1. The van der Waals surface area contributed by atoms with Gasteiger partial charge in [-0.1, -0.05) is 16.7 Å². The first kappa shape index (κ1) is 13.6. The molecule has 108 valence electrons. The fourth-order valence-electron chi connectivity index (χ4n) is 2.09. The van der Waals surface area contributed by atoms with Crippen molar-refractivity contribution >= 4 is 29.5 Å². The summed E-state index contributed by atoms with van der Waals surface area (Å²) in [5.41, 5.74) is 0.666. The molecule has 2 heterocycles. The van der Waals surface area contributed by atoms with Crippen LogP contribution in [0.1, 0.15) is 6.42 Å². The second-order valence-corrected chi connectivity index (χ2v) is 5.08. The van der Waals surface area contributed by atoms with Crippen LogP contribution >= 0.6 is 11.6 Å². The van der Waals surface area contributed by atoms with Gasteiger partial charge in [-0.15, -0.1) is 5.10 Å². The molecule has 1 fully saturated rings. The van der Waals surface area contributed by atoms with Gasteiger partial charge in [-0.3, -0.25) is 14.5 Å². The Kier molecular flexibility index (Phi) is 3.34. The zero-order chi connectivity index (χ0) is 15.0. The van der Waals surface area contributed by atoms with Crippen LogP contribution in [0.3, 0.4) is 0 Å². The Hall–Kier alpha value is -2.41. The molecule has 0 radical (unpaired) electrons. The molecular formula is C13H10ClN3O4. The van der Waals surface area contributed by atoms with Crippen molar-refractivity contribution in [3.05, 3.63) is 29.3 Å². The van der Waals surface area contributed by atoms with Crippen molar-refractivity contribution in [3.8, 4) is 11.5 Å². The van der Waals surface area contributed by atoms with Gasteiger partial charge in [0.2, 0.25) is 11.8 Å². The summed E-state index contributed by atoms with van der Waals surface area (Å²) in [6.45, 7) is 0.0381. The fraction of sp³-hybridized carbons (Fsp3) is 0.231. The van der Waals surface area contributed by atoms with Gasteiger partial charge in [0.15, 0.2) is 0 Å². The van der Waals surface area contributed by atoms with Gasteiger partial charge in [-0.2, -0.15) is 0 Å². The molecule has 1 aromatic carbocycles. The molecule has 8 heteroatoms. The number of aromatic nitrogens is 2. The van der Waals surface area contributed by atoms with Crippen LogP contribution in [-0.4, -0.2) is 33.7 Å². The summed E-state index contributed by atoms with van der Waals surface area (Å²) in [4.78, 5) is 23.9. The molecule has 1 N–H and O–H groups in total. The van der Waals surface area contributed by atoms with E-state index >= 15 is 0 Å². The van der Waals surface area contributed by atoms with Gasteiger partial charge < -0.3 is 9.52 Å². The number of benzene rings is 1. The van der Waals surface area contributed by atoms with E-state index in [4.69, 9.17) is 21.1 Å². The zero-order valence-electron chi connectivity index (χ0n) is 10.7. The minimum Gasteiger partial charge on any atom is -0.481 e. The highest BCUT2D eigenvalue weighted by atomic mass is 35.5. The van der Waals surface area contributed by atoms with Crippen LogP contribution in [-0.2, 0) is 9.59 Å². The zero-order valence-corrected chi connectivity index (χ0v) is 11.4. The van der Waals surface area contributed by atoms with Gasteiger partial charge in [0.25, 0.3) is 0 Å². The van der Waals surface area contributed by atoms with Crippen LogP contribution in [0.25, 0.3) is 11.5 Å². The van der Waals surface area contributed by atoms with Gasteiger partial charge >= 0.3 is 12.0 Å². The van der Waals surface area contributed by atoms with E-state index < -0.39 is 11.9 Å². The van der Waals surface area contributed by atoms with Crippen LogP contribution < -0.4 is 4.90 Å². The number of carboxylic acid groups (broad SMARTS) is 1. The van der Waals surface area contributed by atoms with Crippen LogP contribution in [0.15, 0.2) is 28.7 Å². The molecule has 1 aromatic heterocycles. The van der Waals surface area contributed by atoms with E-state index in [1.165, 1.54) is 4.90 Å². The van der Waals surface area contributed by atoms with Gasteiger partial charge in [-0.25, -0.2) is 0 Å². The summed E-state index contributed by atoms with van der Waals surface area (Å²) >= 11 is 5.80. The van der Waals surface area contributed by atoms with Crippen LogP contribution in [0.2, 0.25) is 5.02 Å². The van der Waals surface area contributed by atoms with Gasteiger partial charge in [0.05, 0.1) is 5.92 Å². The molecule has 0 saturated carbocycles. The minimum atomic E-state index is -1.01. The lowest BCUT2D eigenvalue weighted by Gasteiger charge is -2.09. The summed E-state index contributed by atoms with van der Waals surface area (Å²) in [5.74, 6) is -1.85. The maximum Gasteiger partial charge on any atom is 0.325 e. The summed E-state index contributed by atoms with van der Waals surface area (Å²) < 4.78 is 5.44. The first-order valence-corrected chi connectivity index (χ1v) is 6.55. The van der Waals surface area contributed by atoms with E-state index in [9.17, 15) is 9.59 Å². The number of carbonyl (C=O) groups is 2. The Balaban J connectivity index is 1.84. The molecule has 21 heavy (non-hydrogen) atoms. The highest BCUT2D eigenvalue weighted by molar-refractivity contribution is 6.30. The number of carbonyl (C=O) groups excluding carboxylic acids is 1. The third-order valence-corrected chi connectivity index (χ3v) is 3.46. The Morgan fingerprint density at radius 3 is 2.67 bits per heavy atom. The number of hydrogen-bond donors (Lipinski definition) is 1.